The Hall–Kier alpha value is -2.29. The van der Waals surface area contributed by atoms with E-state index < -0.39 is 47.0 Å². The highest BCUT2D eigenvalue weighted by molar-refractivity contribution is 6.32. The number of nitrogens with zero attached hydrogens (tertiary/aromatic N) is 2. The number of nitrogens with one attached hydrogen (secondary N) is 1. The summed E-state index contributed by atoms with van der Waals surface area (Å²) in [6, 6.07) is 0. The number of halogens is 5. The molecule has 1 amide bonds. The average molecular weight is 436 g/mol. The van der Waals surface area contributed by atoms with Crippen LogP contribution in [0.2, 0.25) is 5.02 Å². The summed E-state index contributed by atoms with van der Waals surface area (Å²) < 4.78 is 63.1. The summed E-state index contributed by atoms with van der Waals surface area (Å²) in [7, 11) is 1.59. The smallest absolute Gasteiger partial charge is 0.226 e. The van der Waals surface area contributed by atoms with Gasteiger partial charge in [-0.05, 0) is 19.3 Å². The Balaban J connectivity index is 2.13. The fraction of sp³-hybridized carbons (Fsp3) is 0.474. The van der Waals surface area contributed by atoms with Crippen molar-refractivity contribution in [3.63, 3.8) is 0 Å². The summed E-state index contributed by atoms with van der Waals surface area (Å²) >= 11 is 6.05. The minimum absolute atomic E-state index is 0.0919. The number of amides is 1. The molecule has 0 bridgehead atoms. The van der Waals surface area contributed by atoms with Crippen molar-refractivity contribution in [1.82, 2.24) is 15.1 Å². The van der Waals surface area contributed by atoms with Crippen LogP contribution in [0.25, 0.3) is 0 Å². The van der Waals surface area contributed by atoms with Gasteiger partial charge < -0.3 is 10.1 Å². The van der Waals surface area contributed by atoms with E-state index in [0.717, 1.165) is 0 Å². The molecule has 1 heterocycles. The Bertz CT molecular complexity index is 887. The van der Waals surface area contributed by atoms with Crippen molar-refractivity contribution in [2.75, 3.05) is 6.61 Å². The lowest BCUT2D eigenvalue weighted by atomic mass is 10.1. The van der Waals surface area contributed by atoms with Gasteiger partial charge in [0.1, 0.15) is 0 Å². The molecular formula is C19H22ClF4N3O2. The van der Waals surface area contributed by atoms with E-state index in [1.807, 2.05) is 13.8 Å². The van der Waals surface area contributed by atoms with Crippen LogP contribution in [-0.4, -0.2) is 22.3 Å². The van der Waals surface area contributed by atoms with Crippen LogP contribution in [0.5, 0.6) is 5.75 Å². The standard InChI is InChI=1S/C19H22ClF4N3O2/c1-9(2)5-6-29-19-17(23)15(21)11(16(22)18(19)24)8-25-13(28)7-12-14(20)10(3)26-27(12)4/h9H,5-8H2,1-4H3,(H,25,28). The van der Waals surface area contributed by atoms with E-state index in [1.54, 1.807) is 14.0 Å². The summed E-state index contributed by atoms with van der Waals surface area (Å²) in [5.74, 6) is -8.07. The fourth-order valence-electron chi connectivity index (χ4n) is 2.61. The minimum Gasteiger partial charge on any atom is -0.487 e. The Morgan fingerprint density at radius 3 is 2.24 bits per heavy atom. The monoisotopic (exact) mass is 435 g/mol. The predicted molar refractivity (Wildman–Crippen MR) is 99.7 cm³/mol. The van der Waals surface area contributed by atoms with Crippen molar-refractivity contribution in [3.8, 4) is 5.75 Å². The molecule has 1 N–H and O–H groups in total. The first-order chi connectivity index (χ1) is 13.5. The van der Waals surface area contributed by atoms with Crippen LogP contribution in [0.3, 0.4) is 0 Å². The van der Waals surface area contributed by atoms with Crippen LogP contribution in [0, 0.1) is 36.1 Å². The van der Waals surface area contributed by atoms with Crippen molar-refractivity contribution < 1.29 is 27.1 Å². The molecular weight excluding hydrogens is 414 g/mol. The molecule has 0 unspecified atom stereocenters. The first-order valence-electron chi connectivity index (χ1n) is 8.96. The minimum atomic E-state index is -1.64. The third-order valence-electron chi connectivity index (χ3n) is 4.31. The van der Waals surface area contributed by atoms with Crippen LogP contribution < -0.4 is 10.1 Å². The molecule has 0 saturated carbocycles. The molecule has 29 heavy (non-hydrogen) atoms. The molecule has 0 aliphatic heterocycles. The molecule has 0 aliphatic carbocycles. The molecule has 10 heteroatoms. The van der Waals surface area contributed by atoms with E-state index in [2.05, 4.69) is 10.4 Å². The van der Waals surface area contributed by atoms with Gasteiger partial charge in [0.2, 0.25) is 17.5 Å². The van der Waals surface area contributed by atoms with Gasteiger partial charge in [-0.25, -0.2) is 8.78 Å². The normalized spacial score (nSPS) is 11.2. The molecule has 1 aromatic carbocycles. The summed E-state index contributed by atoms with van der Waals surface area (Å²) in [5, 5.41) is 6.57. The second-order valence-electron chi connectivity index (χ2n) is 7.02. The highest BCUT2D eigenvalue weighted by Gasteiger charge is 2.27. The second kappa shape index (κ2) is 9.47. The summed E-state index contributed by atoms with van der Waals surface area (Å²) in [6.45, 7) is 4.55. The van der Waals surface area contributed by atoms with Gasteiger partial charge in [-0.1, -0.05) is 25.4 Å². The van der Waals surface area contributed by atoms with Gasteiger partial charge in [0, 0.05) is 19.2 Å². The van der Waals surface area contributed by atoms with Crippen molar-refractivity contribution >= 4 is 17.5 Å². The summed E-state index contributed by atoms with van der Waals surface area (Å²) in [6.07, 6.45) is 0.233. The van der Waals surface area contributed by atoms with Crippen LogP contribution in [0.4, 0.5) is 17.6 Å². The molecule has 0 atom stereocenters. The van der Waals surface area contributed by atoms with E-state index in [-0.39, 0.29) is 18.9 Å². The van der Waals surface area contributed by atoms with Gasteiger partial charge in [-0.15, -0.1) is 0 Å². The van der Waals surface area contributed by atoms with E-state index in [4.69, 9.17) is 16.3 Å². The van der Waals surface area contributed by atoms with Crippen molar-refractivity contribution in [1.29, 1.82) is 0 Å². The lowest BCUT2D eigenvalue weighted by Crippen LogP contribution is -2.27. The van der Waals surface area contributed by atoms with Crippen molar-refractivity contribution in [3.05, 3.63) is 45.2 Å². The van der Waals surface area contributed by atoms with E-state index in [1.165, 1.54) is 4.68 Å². The topological polar surface area (TPSA) is 56.2 Å². The van der Waals surface area contributed by atoms with E-state index in [0.29, 0.717) is 22.8 Å². The van der Waals surface area contributed by atoms with Gasteiger partial charge in [0.25, 0.3) is 0 Å². The van der Waals surface area contributed by atoms with Gasteiger partial charge in [0.15, 0.2) is 17.4 Å². The van der Waals surface area contributed by atoms with Gasteiger partial charge >= 0.3 is 0 Å². The zero-order valence-corrected chi connectivity index (χ0v) is 17.3. The SMILES string of the molecule is Cc1nn(C)c(CC(=O)NCc2c(F)c(F)c(OCCC(C)C)c(F)c2F)c1Cl. The number of hydrogen-bond acceptors (Lipinski definition) is 3. The van der Waals surface area contributed by atoms with Crippen LogP contribution in [0.1, 0.15) is 37.2 Å². The molecule has 0 radical (unpaired) electrons. The number of carbonyl (C=O) groups excluding carboxylic acids is 1. The maximum Gasteiger partial charge on any atom is 0.226 e. The van der Waals surface area contributed by atoms with Gasteiger partial charge in [-0.3, -0.25) is 9.48 Å². The van der Waals surface area contributed by atoms with Crippen LogP contribution >= 0.6 is 11.6 Å². The maximum absolute atomic E-state index is 14.2. The zero-order valence-electron chi connectivity index (χ0n) is 16.5. The number of aryl methyl sites for hydroxylation is 2. The zero-order chi connectivity index (χ0) is 21.9. The molecule has 5 nitrogen and oxygen atoms in total. The number of hydrogen-bond donors (Lipinski definition) is 1. The third kappa shape index (κ3) is 5.20. The number of aromatic nitrogens is 2. The van der Waals surface area contributed by atoms with Crippen LogP contribution in [-0.2, 0) is 24.8 Å². The third-order valence-corrected chi connectivity index (χ3v) is 4.80. The highest BCUT2D eigenvalue weighted by atomic mass is 35.5. The lowest BCUT2D eigenvalue weighted by Gasteiger charge is -2.14. The molecule has 0 spiro atoms. The highest BCUT2D eigenvalue weighted by Crippen LogP contribution is 2.30. The predicted octanol–water partition coefficient (Wildman–Crippen LogP) is 4.22. The van der Waals surface area contributed by atoms with Crippen LogP contribution in [0.15, 0.2) is 0 Å². The number of carbonyl (C=O) groups is 1. The van der Waals surface area contributed by atoms with Gasteiger partial charge in [0.05, 0.1) is 29.4 Å². The van der Waals surface area contributed by atoms with Crippen molar-refractivity contribution in [2.24, 2.45) is 13.0 Å². The molecule has 160 valence electrons. The lowest BCUT2D eigenvalue weighted by molar-refractivity contribution is -0.120. The maximum atomic E-state index is 14.2. The Labute approximate surface area is 171 Å². The summed E-state index contributed by atoms with van der Waals surface area (Å²) in [4.78, 5) is 12.1. The summed E-state index contributed by atoms with van der Waals surface area (Å²) in [5.41, 5.74) is -0.0167. The van der Waals surface area contributed by atoms with E-state index in [9.17, 15) is 22.4 Å². The molecule has 0 saturated heterocycles. The Morgan fingerprint density at radius 1 is 1.17 bits per heavy atom. The fourth-order valence-corrected chi connectivity index (χ4v) is 2.84. The number of ether oxygens (including phenoxy) is 1. The first-order valence-corrected chi connectivity index (χ1v) is 9.34. The molecule has 2 aromatic rings. The molecule has 0 fully saturated rings. The van der Waals surface area contributed by atoms with Crippen molar-refractivity contribution in [2.45, 2.75) is 40.2 Å². The average Bonchev–Trinajstić information content (AvgIpc) is 2.88. The number of benzene rings is 1. The molecule has 2 rings (SSSR count). The second-order valence-corrected chi connectivity index (χ2v) is 7.40. The molecule has 0 aliphatic rings. The largest absolute Gasteiger partial charge is 0.487 e. The Morgan fingerprint density at radius 2 is 1.76 bits per heavy atom. The van der Waals surface area contributed by atoms with E-state index >= 15 is 0 Å². The number of rotatable bonds is 8. The Kier molecular flexibility index (Phi) is 7.51. The first kappa shape index (κ1) is 23.0. The van der Waals surface area contributed by atoms with Gasteiger partial charge in [-0.2, -0.15) is 13.9 Å². The quantitative estimate of drug-likeness (QED) is 0.499. The molecule has 1 aromatic heterocycles.